The standard InChI is InChI=1S/C16H14Cl4S2/c17-13-3-1-4-14(18)11(13)7-9-21-22-10-8-12-15(19)5-2-6-16(12)20/h1-6H,7-10H2. The monoisotopic (exact) mass is 410 g/mol. The molecule has 0 unspecified atom stereocenters. The van der Waals surface area contributed by atoms with E-state index in [4.69, 9.17) is 46.4 Å². The minimum Gasteiger partial charge on any atom is -0.0938 e. The van der Waals surface area contributed by atoms with Crippen LogP contribution in [0.2, 0.25) is 20.1 Å². The zero-order valence-electron chi connectivity index (χ0n) is 11.6. The van der Waals surface area contributed by atoms with Crippen LogP contribution in [0.15, 0.2) is 36.4 Å². The van der Waals surface area contributed by atoms with Crippen LogP contribution in [0.1, 0.15) is 11.1 Å². The first-order valence-electron chi connectivity index (χ1n) is 6.70. The van der Waals surface area contributed by atoms with Crippen molar-refractivity contribution in [1.29, 1.82) is 0 Å². The van der Waals surface area contributed by atoms with Crippen molar-refractivity contribution in [1.82, 2.24) is 0 Å². The van der Waals surface area contributed by atoms with Crippen LogP contribution in [-0.4, -0.2) is 11.5 Å². The summed E-state index contributed by atoms with van der Waals surface area (Å²) in [5.41, 5.74) is 2.04. The van der Waals surface area contributed by atoms with Crippen LogP contribution in [0, 0.1) is 0 Å². The Kier molecular flexibility index (Phi) is 8.10. The van der Waals surface area contributed by atoms with Crippen LogP contribution in [0.5, 0.6) is 0 Å². The molecule has 0 N–H and O–H groups in total. The molecular weight excluding hydrogens is 398 g/mol. The molecule has 0 fully saturated rings. The third-order valence-corrected chi connectivity index (χ3v) is 6.90. The molecule has 0 aliphatic rings. The number of hydrogen-bond acceptors (Lipinski definition) is 2. The van der Waals surface area contributed by atoms with E-state index in [9.17, 15) is 0 Å². The topological polar surface area (TPSA) is 0 Å². The van der Waals surface area contributed by atoms with Crippen molar-refractivity contribution >= 4 is 68.0 Å². The quantitative estimate of drug-likeness (QED) is 0.342. The van der Waals surface area contributed by atoms with Crippen molar-refractivity contribution < 1.29 is 0 Å². The van der Waals surface area contributed by atoms with Gasteiger partial charge in [-0.15, -0.1) is 0 Å². The summed E-state index contributed by atoms with van der Waals surface area (Å²) in [6.07, 6.45) is 1.73. The highest BCUT2D eigenvalue weighted by Crippen LogP contribution is 2.31. The molecule has 0 aliphatic carbocycles. The Labute approximate surface area is 159 Å². The number of hydrogen-bond donors (Lipinski definition) is 0. The van der Waals surface area contributed by atoms with Gasteiger partial charge >= 0.3 is 0 Å². The van der Waals surface area contributed by atoms with Crippen LogP contribution in [0.4, 0.5) is 0 Å². The van der Waals surface area contributed by atoms with E-state index in [0.717, 1.165) is 55.6 Å². The number of rotatable bonds is 7. The fraction of sp³-hybridized carbons (Fsp3) is 0.250. The molecule has 0 saturated heterocycles. The van der Waals surface area contributed by atoms with Gasteiger partial charge < -0.3 is 0 Å². The summed E-state index contributed by atoms with van der Waals surface area (Å²) in [6, 6.07) is 11.2. The fourth-order valence-electron chi connectivity index (χ4n) is 1.95. The lowest BCUT2D eigenvalue weighted by molar-refractivity contribution is 1.16. The van der Waals surface area contributed by atoms with Gasteiger partial charge in [-0.05, 0) is 48.2 Å². The molecule has 2 aromatic carbocycles. The van der Waals surface area contributed by atoms with Crippen molar-refractivity contribution in [2.24, 2.45) is 0 Å². The van der Waals surface area contributed by atoms with Gasteiger partial charge in [-0.2, -0.15) is 0 Å². The van der Waals surface area contributed by atoms with Crippen molar-refractivity contribution in [2.45, 2.75) is 12.8 Å². The Morgan fingerprint density at radius 2 is 0.909 bits per heavy atom. The smallest absolute Gasteiger partial charge is 0.0453 e. The zero-order valence-corrected chi connectivity index (χ0v) is 16.3. The average molecular weight is 412 g/mol. The van der Waals surface area contributed by atoms with E-state index in [2.05, 4.69) is 0 Å². The van der Waals surface area contributed by atoms with Crippen molar-refractivity contribution in [2.75, 3.05) is 11.5 Å². The van der Waals surface area contributed by atoms with Crippen molar-refractivity contribution in [3.63, 3.8) is 0 Å². The molecule has 0 amide bonds. The summed E-state index contributed by atoms with van der Waals surface area (Å²) < 4.78 is 0. The van der Waals surface area contributed by atoms with E-state index in [1.807, 2.05) is 58.0 Å². The Morgan fingerprint density at radius 1 is 0.591 bits per heavy atom. The Balaban J connectivity index is 1.72. The van der Waals surface area contributed by atoms with Gasteiger partial charge in [0, 0.05) is 31.6 Å². The Bertz CT molecular complexity index is 536. The summed E-state index contributed by atoms with van der Waals surface area (Å²) in [5, 5.41) is 2.95. The third-order valence-electron chi connectivity index (χ3n) is 3.08. The molecular formula is C16H14Cl4S2. The van der Waals surface area contributed by atoms with Gasteiger partial charge in [0.1, 0.15) is 0 Å². The Morgan fingerprint density at radius 3 is 1.23 bits per heavy atom. The first kappa shape index (κ1) is 18.6. The van der Waals surface area contributed by atoms with E-state index in [0.29, 0.717) is 0 Å². The lowest BCUT2D eigenvalue weighted by atomic mass is 10.2. The van der Waals surface area contributed by atoms with Crippen molar-refractivity contribution in [3.05, 3.63) is 67.6 Å². The SMILES string of the molecule is Clc1cccc(Cl)c1CCSSCCc1c(Cl)cccc1Cl. The maximum Gasteiger partial charge on any atom is 0.0453 e. The molecule has 0 aromatic heterocycles. The summed E-state index contributed by atoms with van der Waals surface area (Å²) in [4.78, 5) is 0. The van der Waals surface area contributed by atoms with Crippen LogP contribution in [0.25, 0.3) is 0 Å². The zero-order chi connectivity index (χ0) is 15.9. The Hall–Kier alpha value is 0.300. The van der Waals surface area contributed by atoms with E-state index in [1.54, 1.807) is 0 Å². The third kappa shape index (κ3) is 5.43. The summed E-state index contributed by atoms with van der Waals surface area (Å²) >= 11 is 24.6. The molecule has 6 heteroatoms. The number of halogens is 4. The van der Waals surface area contributed by atoms with Gasteiger partial charge in [-0.3, -0.25) is 0 Å². The van der Waals surface area contributed by atoms with Gasteiger partial charge in [0.25, 0.3) is 0 Å². The molecule has 0 bridgehead atoms. The van der Waals surface area contributed by atoms with E-state index >= 15 is 0 Å². The lowest BCUT2D eigenvalue weighted by Crippen LogP contribution is -1.92. The van der Waals surface area contributed by atoms with Crippen LogP contribution >= 0.6 is 68.0 Å². The van der Waals surface area contributed by atoms with Crippen LogP contribution < -0.4 is 0 Å². The highest BCUT2D eigenvalue weighted by molar-refractivity contribution is 8.76. The van der Waals surface area contributed by atoms with Crippen LogP contribution in [-0.2, 0) is 12.8 Å². The fourth-order valence-corrected chi connectivity index (χ4v) is 5.14. The lowest BCUT2D eigenvalue weighted by Gasteiger charge is -2.07. The van der Waals surface area contributed by atoms with Gasteiger partial charge in [-0.1, -0.05) is 80.1 Å². The molecule has 2 rings (SSSR count). The first-order valence-corrected chi connectivity index (χ1v) is 10.7. The predicted octanol–water partition coefficient (Wildman–Crippen LogP) is 7.47. The second-order valence-electron chi connectivity index (χ2n) is 4.54. The molecule has 0 saturated carbocycles. The summed E-state index contributed by atoms with van der Waals surface area (Å²) in [7, 11) is 3.62. The van der Waals surface area contributed by atoms with Gasteiger partial charge in [0.15, 0.2) is 0 Å². The maximum absolute atomic E-state index is 6.15. The molecule has 0 nitrogen and oxygen atoms in total. The van der Waals surface area contributed by atoms with E-state index in [1.165, 1.54) is 0 Å². The molecule has 0 atom stereocenters. The highest BCUT2D eigenvalue weighted by Gasteiger charge is 2.07. The summed E-state index contributed by atoms with van der Waals surface area (Å²) in [6.45, 7) is 0. The van der Waals surface area contributed by atoms with Crippen molar-refractivity contribution in [3.8, 4) is 0 Å². The second-order valence-corrected chi connectivity index (χ2v) is 8.88. The molecule has 22 heavy (non-hydrogen) atoms. The second kappa shape index (κ2) is 9.56. The molecule has 118 valence electrons. The minimum atomic E-state index is 0.737. The highest BCUT2D eigenvalue weighted by atomic mass is 35.5. The summed E-state index contributed by atoms with van der Waals surface area (Å²) in [5.74, 6) is 1.93. The van der Waals surface area contributed by atoms with Gasteiger partial charge in [0.2, 0.25) is 0 Å². The first-order chi connectivity index (χ1) is 10.6. The largest absolute Gasteiger partial charge is 0.0938 e. The van der Waals surface area contributed by atoms with E-state index < -0.39 is 0 Å². The molecule has 0 spiro atoms. The predicted molar refractivity (Wildman–Crippen MR) is 105 cm³/mol. The molecule has 0 heterocycles. The van der Waals surface area contributed by atoms with E-state index in [-0.39, 0.29) is 0 Å². The minimum absolute atomic E-state index is 0.737. The molecule has 0 aliphatic heterocycles. The molecule has 2 aromatic rings. The maximum atomic E-state index is 6.15. The normalized spacial score (nSPS) is 10.9. The van der Waals surface area contributed by atoms with Crippen LogP contribution in [0.3, 0.4) is 0 Å². The average Bonchev–Trinajstić information content (AvgIpc) is 2.47. The molecule has 0 radical (unpaired) electrons. The van der Waals surface area contributed by atoms with Gasteiger partial charge in [0.05, 0.1) is 0 Å². The van der Waals surface area contributed by atoms with Gasteiger partial charge in [-0.25, -0.2) is 0 Å². The number of benzene rings is 2.